The maximum atomic E-state index is 13.5. The topological polar surface area (TPSA) is 99.2 Å². The number of nitrogens with two attached hydrogens (primary N) is 1. The van der Waals surface area contributed by atoms with Gasteiger partial charge in [-0.15, -0.1) is 0 Å². The molecule has 0 saturated heterocycles. The van der Waals surface area contributed by atoms with Crippen LogP contribution in [-0.2, 0) is 29.2 Å². The monoisotopic (exact) mass is 338 g/mol. The van der Waals surface area contributed by atoms with Crippen molar-refractivity contribution < 1.29 is 18.3 Å². The van der Waals surface area contributed by atoms with Crippen LogP contribution < -0.4 is 16.6 Å². The van der Waals surface area contributed by atoms with Crippen molar-refractivity contribution in [3.63, 3.8) is 0 Å². The highest BCUT2D eigenvalue weighted by Crippen LogP contribution is 2.09. The first-order chi connectivity index (χ1) is 11.4. The van der Waals surface area contributed by atoms with E-state index in [0.29, 0.717) is 5.69 Å². The average Bonchev–Trinajstić information content (AvgIpc) is 2.50. The van der Waals surface area contributed by atoms with Crippen molar-refractivity contribution >= 4 is 11.9 Å². The van der Waals surface area contributed by atoms with Crippen molar-refractivity contribution in [2.45, 2.75) is 19.7 Å². The lowest BCUT2D eigenvalue weighted by Gasteiger charge is -2.11. The van der Waals surface area contributed by atoms with Gasteiger partial charge < -0.3 is 15.8 Å². The smallest absolute Gasteiger partial charge is 0.255 e. The van der Waals surface area contributed by atoms with Crippen molar-refractivity contribution in [3.8, 4) is 0 Å². The molecule has 0 spiro atoms. The lowest BCUT2D eigenvalue weighted by Crippen LogP contribution is -2.34. The molecule has 24 heavy (non-hydrogen) atoms. The largest absolute Gasteiger partial charge is 0.378 e. The summed E-state index contributed by atoms with van der Waals surface area (Å²) >= 11 is 0. The van der Waals surface area contributed by atoms with Gasteiger partial charge in [0.15, 0.2) is 0 Å². The van der Waals surface area contributed by atoms with Crippen LogP contribution in [0.25, 0.3) is 0 Å². The van der Waals surface area contributed by atoms with E-state index < -0.39 is 23.1 Å². The first-order valence-electron chi connectivity index (χ1n) is 6.96. The van der Waals surface area contributed by atoms with Gasteiger partial charge in [0.25, 0.3) is 5.56 Å². The molecule has 3 N–H and O–H groups in total. The Morgan fingerprint density at radius 2 is 2.12 bits per heavy atom. The van der Waals surface area contributed by atoms with E-state index in [1.54, 1.807) is 0 Å². The SMILES string of the molecule is COCc1cc(=O)n(CC(=O)NCc2ccc(F)cc2F)c(N)n1. The van der Waals surface area contributed by atoms with Crippen LogP contribution in [-0.4, -0.2) is 22.6 Å². The number of amides is 1. The van der Waals surface area contributed by atoms with Crippen LogP contribution in [0.1, 0.15) is 11.3 Å². The second-order valence-corrected chi connectivity index (χ2v) is 4.98. The molecule has 1 heterocycles. The van der Waals surface area contributed by atoms with E-state index in [2.05, 4.69) is 10.3 Å². The van der Waals surface area contributed by atoms with Crippen LogP contribution in [0, 0.1) is 11.6 Å². The molecule has 128 valence electrons. The molecular weight excluding hydrogens is 322 g/mol. The molecule has 7 nitrogen and oxygen atoms in total. The zero-order valence-corrected chi connectivity index (χ0v) is 12.9. The molecule has 0 fully saturated rings. The third-order valence-electron chi connectivity index (χ3n) is 3.18. The summed E-state index contributed by atoms with van der Waals surface area (Å²) in [6.45, 7) is -0.390. The van der Waals surface area contributed by atoms with Crippen molar-refractivity contribution in [3.05, 3.63) is 57.5 Å². The van der Waals surface area contributed by atoms with Crippen molar-refractivity contribution in [2.75, 3.05) is 12.8 Å². The predicted molar refractivity (Wildman–Crippen MR) is 81.8 cm³/mol. The van der Waals surface area contributed by atoms with Gasteiger partial charge in [-0.3, -0.25) is 14.2 Å². The summed E-state index contributed by atoms with van der Waals surface area (Å²) in [6, 6.07) is 4.26. The number of carbonyl (C=O) groups excluding carboxylic acids is 1. The molecule has 0 aliphatic rings. The lowest BCUT2D eigenvalue weighted by atomic mass is 10.2. The number of benzene rings is 1. The van der Waals surface area contributed by atoms with E-state index in [0.717, 1.165) is 16.7 Å². The normalized spacial score (nSPS) is 10.6. The summed E-state index contributed by atoms with van der Waals surface area (Å²) in [5.41, 5.74) is 5.64. The molecule has 0 radical (unpaired) electrons. The van der Waals surface area contributed by atoms with Gasteiger partial charge >= 0.3 is 0 Å². The zero-order valence-electron chi connectivity index (χ0n) is 12.9. The van der Waals surface area contributed by atoms with Crippen molar-refractivity contribution in [2.24, 2.45) is 0 Å². The number of carbonyl (C=O) groups is 1. The third-order valence-corrected chi connectivity index (χ3v) is 3.18. The number of ether oxygens (including phenoxy) is 1. The fraction of sp³-hybridized carbons (Fsp3) is 0.267. The van der Waals surface area contributed by atoms with Gasteiger partial charge in [0.05, 0.1) is 12.3 Å². The third kappa shape index (κ3) is 4.35. The highest BCUT2D eigenvalue weighted by atomic mass is 19.1. The minimum Gasteiger partial charge on any atom is -0.378 e. The van der Waals surface area contributed by atoms with Gasteiger partial charge in [-0.2, -0.15) is 0 Å². The van der Waals surface area contributed by atoms with Gasteiger partial charge in [0, 0.05) is 31.4 Å². The summed E-state index contributed by atoms with van der Waals surface area (Å²) in [6.07, 6.45) is 0. The highest BCUT2D eigenvalue weighted by molar-refractivity contribution is 5.76. The molecule has 1 aromatic heterocycles. The van der Waals surface area contributed by atoms with Crippen LogP contribution in [0.4, 0.5) is 14.7 Å². The summed E-state index contributed by atoms with van der Waals surface area (Å²) in [7, 11) is 1.45. The van der Waals surface area contributed by atoms with Crippen LogP contribution in [0.2, 0.25) is 0 Å². The predicted octanol–water partition coefficient (Wildman–Crippen LogP) is 0.566. The van der Waals surface area contributed by atoms with Gasteiger partial charge in [-0.05, 0) is 6.07 Å². The number of rotatable bonds is 6. The van der Waals surface area contributed by atoms with Crippen molar-refractivity contribution in [1.29, 1.82) is 0 Å². The molecule has 2 aromatic rings. The Morgan fingerprint density at radius 1 is 1.38 bits per heavy atom. The van der Waals surface area contributed by atoms with Gasteiger partial charge in [0.1, 0.15) is 18.2 Å². The second-order valence-electron chi connectivity index (χ2n) is 4.98. The summed E-state index contributed by atoms with van der Waals surface area (Å²) in [5, 5.41) is 2.43. The number of nitrogens with zero attached hydrogens (tertiary/aromatic N) is 2. The first kappa shape index (κ1) is 17.5. The first-order valence-corrected chi connectivity index (χ1v) is 6.96. The van der Waals surface area contributed by atoms with E-state index >= 15 is 0 Å². The Hall–Kier alpha value is -2.81. The van der Waals surface area contributed by atoms with Crippen LogP contribution in [0.15, 0.2) is 29.1 Å². The maximum Gasteiger partial charge on any atom is 0.255 e. The van der Waals surface area contributed by atoms with E-state index in [4.69, 9.17) is 10.5 Å². The Bertz CT molecular complexity index is 808. The maximum absolute atomic E-state index is 13.5. The molecule has 0 saturated carbocycles. The van der Waals surface area contributed by atoms with E-state index in [1.807, 2.05) is 0 Å². The number of aromatic nitrogens is 2. The molecule has 1 aromatic carbocycles. The number of halogens is 2. The summed E-state index contributed by atoms with van der Waals surface area (Å²) < 4.78 is 32.1. The highest BCUT2D eigenvalue weighted by Gasteiger charge is 2.11. The number of methoxy groups -OCH3 is 1. The van der Waals surface area contributed by atoms with Crippen LogP contribution in [0.3, 0.4) is 0 Å². The van der Waals surface area contributed by atoms with Crippen molar-refractivity contribution in [1.82, 2.24) is 14.9 Å². The minimum absolute atomic E-state index is 0.121. The molecule has 1 amide bonds. The lowest BCUT2D eigenvalue weighted by molar-refractivity contribution is -0.121. The Labute approximate surface area is 136 Å². The standard InChI is InChI=1S/C15H16F2N4O3/c1-24-8-11-5-14(23)21(15(18)20-11)7-13(22)19-6-9-2-3-10(16)4-12(9)17/h2-5H,6-8H2,1H3,(H2,18,20)(H,19,22). The molecule has 0 bridgehead atoms. The molecule has 0 aliphatic heterocycles. The second kappa shape index (κ2) is 7.64. The quantitative estimate of drug-likeness (QED) is 0.802. The number of hydrogen-bond acceptors (Lipinski definition) is 5. The number of nitrogens with one attached hydrogen (secondary N) is 1. The fourth-order valence-electron chi connectivity index (χ4n) is 2.01. The summed E-state index contributed by atoms with van der Waals surface area (Å²) in [4.78, 5) is 27.8. The number of hydrogen-bond donors (Lipinski definition) is 2. The van der Waals surface area contributed by atoms with Crippen LogP contribution in [0.5, 0.6) is 0 Å². The zero-order chi connectivity index (χ0) is 17.7. The molecule has 0 aliphatic carbocycles. The fourth-order valence-corrected chi connectivity index (χ4v) is 2.01. The molecular formula is C15H16F2N4O3. The average molecular weight is 338 g/mol. The van der Waals surface area contributed by atoms with Gasteiger partial charge in [-0.1, -0.05) is 6.07 Å². The number of nitrogen functional groups attached to an aromatic ring is 1. The summed E-state index contributed by atoms with van der Waals surface area (Å²) in [5.74, 6) is -2.16. The molecule has 9 heteroatoms. The Balaban J connectivity index is 2.03. The van der Waals surface area contributed by atoms with Gasteiger partial charge in [0.2, 0.25) is 11.9 Å². The van der Waals surface area contributed by atoms with Crippen LogP contribution >= 0.6 is 0 Å². The molecule has 0 unspecified atom stereocenters. The minimum atomic E-state index is -0.766. The van der Waals surface area contributed by atoms with Gasteiger partial charge in [-0.25, -0.2) is 13.8 Å². The van der Waals surface area contributed by atoms with E-state index in [-0.39, 0.29) is 31.2 Å². The van der Waals surface area contributed by atoms with E-state index in [9.17, 15) is 18.4 Å². The Morgan fingerprint density at radius 3 is 2.75 bits per heavy atom. The van der Waals surface area contributed by atoms with E-state index in [1.165, 1.54) is 19.2 Å². The molecule has 2 rings (SSSR count). The molecule has 0 atom stereocenters. The Kier molecular flexibility index (Phi) is 5.59. The number of anilines is 1.